The lowest BCUT2D eigenvalue weighted by Crippen LogP contribution is -2.54. The summed E-state index contributed by atoms with van der Waals surface area (Å²) in [5, 5.41) is 5.52. The highest BCUT2D eigenvalue weighted by molar-refractivity contribution is 7.88. The smallest absolute Gasteiger partial charge is 0.228 e. The Hall–Kier alpha value is -2.89. The van der Waals surface area contributed by atoms with E-state index in [2.05, 4.69) is 38.0 Å². The van der Waals surface area contributed by atoms with Crippen molar-refractivity contribution in [2.75, 3.05) is 26.0 Å². The van der Waals surface area contributed by atoms with Crippen molar-refractivity contribution in [3.05, 3.63) is 54.2 Å². The van der Waals surface area contributed by atoms with E-state index >= 15 is 0 Å². The van der Waals surface area contributed by atoms with Gasteiger partial charge in [-0.15, -0.1) is 0 Å². The SMILES string of the molecule is Cn1ncc2cc(C3CCC(OC[C@@H]4CN(C(=O)Cc5cnccn5)CC[C@@H]4NS(C)(=O)=O)CC3)ccc21. The van der Waals surface area contributed by atoms with Gasteiger partial charge < -0.3 is 9.64 Å². The van der Waals surface area contributed by atoms with E-state index in [0.29, 0.717) is 37.7 Å². The van der Waals surface area contributed by atoms with Gasteiger partial charge in [-0.3, -0.25) is 19.4 Å². The van der Waals surface area contributed by atoms with Crippen molar-refractivity contribution in [3.8, 4) is 0 Å². The van der Waals surface area contributed by atoms with Crippen molar-refractivity contribution in [1.29, 1.82) is 0 Å². The summed E-state index contributed by atoms with van der Waals surface area (Å²) in [4.78, 5) is 23.0. The number of nitrogens with one attached hydrogen (secondary N) is 1. The largest absolute Gasteiger partial charge is 0.378 e. The van der Waals surface area contributed by atoms with Crippen LogP contribution in [0.25, 0.3) is 10.9 Å². The third-order valence-electron chi connectivity index (χ3n) is 7.86. The molecule has 5 rings (SSSR count). The third kappa shape index (κ3) is 6.57. The van der Waals surface area contributed by atoms with E-state index in [1.54, 1.807) is 23.5 Å². The van der Waals surface area contributed by atoms with Gasteiger partial charge in [0.2, 0.25) is 15.9 Å². The molecule has 1 aliphatic heterocycles. The lowest BCUT2D eigenvalue weighted by atomic mass is 9.82. The molecule has 10 nitrogen and oxygen atoms in total. The summed E-state index contributed by atoms with van der Waals surface area (Å²) in [5.41, 5.74) is 3.12. The van der Waals surface area contributed by atoms with Crippen LogP contribution in [-0.4, -0.2) is 77.1 Å². The van der Waals surface area contributed by atoms with Gasteiger partial charge in [0.1, 0.15) is 0 Å². The van der Waals surface area contributed by atoms with Gasteiger partial charge in [-0.25, -0.2) is 13.1 Å². The topological polar surface area (TPSA) is 119 Å². The van der Waals surface area contributed by atoms with Gasteiger partial charge in [-0.1, -0.05) is 6.07 Å². The minimum absolute atomic E-state index is 0.0283. The summed E-state index contributed by atoms with van der Waals surface area (Å²) in [6.45, 7) is 1.36. The lowest BCUT2D eigenvalue weighted by molar-refractivity contribution is -0.133. The maximum Gasteiger partial charge on any atom is 0.228 e. The summed E-state index contributed by atoms with van der Waals surface area (Å²) >= 11 is 0. The number of amides is 1. The molecular weight excluding hydrogens is 504 g/mol. The van der Waals surface area contributed by atoms with Crippen LogP contribution in [0.1, 0.15) is 49.3 Å². The molecule has 38 heavy (non-hydrogen) atoms. The first-order chi connectivity index (χ1) is 18.2. The van der Waals surface area contributed by atoms with Gasteiger partial charge in [0.15, 0.2) is 0 Å². The molecule has 11 heteroatoms. The summed E-state index contributed by atoms with van der Waals surface area (Å²) in [7, 11) is -1.41. The van der Waals surface area contributed by atoms with Crippen LogP contribution in [0.15, 0.2) is 43.0 Å². The number of benzene rings is 1. The summed E-state index contributed by atoms with van der Waals surface area (Å²) in [5.74, 6) is 0.359. The fourth-order valence-corrected chi connectivity index (χ4v) is 6.66. The van der Waals surface area contributed by atoms with Crippen molar-refractivity contribution in [2.45, 2.75) is 56.6 Å². The number of likely N-dealkylation sites (tertiary alicyclic amines) is 1. The molecule has 1 saturated carbocycles. The normalized spacial score (nSPS) is 24.5. The Morgan fingerprint density at radius 1 is 1.13 bits per heavy atom. The molecule has 2 aliphatic rings. The van der Waals surface area contributed by atoms with Gasteiger partial charge in [0.25, 0.3) is 0 Å². The van der Waals surface area contributed by atoms with E-state index in [1.807, 2.05) is 17.9 Å². The Morgan fingerprint density at radius 3 is 2.68 bits per heavy atom. The van der Waals surface area contributed by atoms with Crippen molar-refractivity contribution in [1.82, 2.24) is 29.4 Å². The Kier molecular flexibility index (Phi) is 8.06. The third-order valence-corrected chi connectivity index (χ3v) is 8.59. The van der Waals surface area contributed by atoms with Crippen molar-refractivity contribution < 1.29 is 17.9 Å². The lowest BCUT2D eigenvalue weighted by Gasteiger charge is -2.39. The second kappa shape index (κ2) is 11.5. The molecule has 0 radical (unpaired) electrons. The zero-order valence-corrected chi connectivity index (χ0v) is 22.8. The van der Waals surface area contributed by atoms with E-state index in [9.17, 15) is 13.2 Å². The molecule has 0 bridgehead atoms. The molecule has 2 fully saturated rings. The van der Waals surface area contributed by atoms with Crippen molar-refractivity contribution >= 4 is 26.8 Å². The fourth-order valence-electron chi connectivity index (χ4n) is 5.80. The minimum Gasteiger partial charge on any atom is -0.378 e. The first-order valence-electron chi connectivity index (χ1n) is 13.3. The van der Waals surface area contributed by atoms with Crippen LogP contribution in [-0.2, 0) is 33.0 Å². The quantitative estimate of drug-likeness (QED) is 0.466. The first-order valence-corrected chi connectivity index (χ1v) is 15.2. The number of carbonyl (C=O) groups is 1. The maximum absolute atomic E-state index is 12.9. The second-order valence-corrected chi connectivity index (χ2v) is 12.4. The van der Waals surface area contributed by atoms with Crippen LogP contribution in [0, 0.1) is 5.92 Å². The minimum atomic E-state index is -3.37. The fraction of sp³-hybridized carbons (Fsp3) is 0.556. The number of nitrogens with zero attached hydrogens (tertiary/aromatic N) is 5. The predicted molar refractivity (Wildman–Crippen MR) is 144 cm³/mol. The molecule has 1 aliphatic carbocycles. The van der Waals surface area contributed by atoms with Crippen molar-refractivity contribution in [3.63, 3.8) is 0 Å². The van der Waals surface area contributed by atoms with Crippen LogP contribution >= 0.6 is 0 Å². The molecule has 1 saturated heterocycles. The van der Waals surface area contributed by atoms with E-state index in [1.165, 1.54) is 17.2 Å². The Morgan fingerprint density at radius 2 is 1.95 bits per heavy atom. The Balaban J connectivity index is 1.17. The standard InChI is InChI=1S/C27H36N6O4S/c1-32-26-8-5-20(13-21(26)15-30-32)19-3-6-24(7-4-19)37-18-22-17-33(12-9-25(22)31-38(2,35)36)27(34)14-23-16-28-10-11-29-23/h5,8,10-11,13,15-16,19,22,24-25,31H,3-4,6-7,9,12,14,17-18H2,1-2H3/t19?,22-,24?,25-/m0/s1. The number of fused-ring (bicyclic) bond motifs is 1. The van der Waals surface area contributed by atoms with E-state index in [0.717, 1.165) is 31.2 Å². The Bertz CT molecular complexity index is 1350. The average molecular weight is 541 g/mol. The number of aromatic nitrogens is 4. The molecule has 3 aromatic rings. The highest BCUT2D eigenvalue weighted by atomic mass is 32.2. The molecule has 0 spiro atoms. The predicted octanol–water partition coefficient (Wildman–Crippen LogP) is 2.42. The van der Waals surface area contributed by atoms with Gasteiger partial charge in [0.05, 0.1) is 42.8 Å². The molecule has 2 aromatic heterocycles. The molecule has 2 atom stereocenters. The molecule has 1 N–H and O–H groups in total. The average Bonchev–Trinajstić information content (AvgIpc) is 3.28. The van der Waals surface area contributed by atoms with Crippen LogP contribution in [0.4, 0.5) is 0 Å². The summed E-state index contributed by atoms with van der Waals surface area (Å²) < 4.78 is 35.0. The molecule has 3 heterocycles. The molecule has 0 unspecified atom stereocenters. The highest BCUT2D eigenvalue weighted by Gasteiger charge is 2.34. The van der Waals surface area contributed by atoms with Gasteiger partial charge in [0, 0.05) is 56.1 Å². The molecule has 204 valence electrons. The van der Waals surface area contributed by atoms with E-state index < -0.39 is 10.0 Å². The molecule has 1 amide bonds. The Labute approximate surface area is 223 Å². The van der Waals surface area contributed by atoms with E-state index in [-0.39, 0.29) is 30.4 Å². The van der Waals surface area contributed by atoms with Gasteiger partial charge in [-0.05, 0) is 55.7 Å². The number of hydrogen-bond acceptors (Lipinski definition) is 7. The monoisotopic (exact) mass is 540 g/mol. The molecular formula is C27H36N6O4S. The summed E-state index contributed by atoms with van der Waals surface area (Å²) in [6.07, 6.45) is 12.7. The number of rotatable bonds is 8. The zero-order chi connectivity index (χ0) is 26.7. The maximum atomic E-state index is 12.9. The van der Waals surface area contributed by atoms with E-state index in [4.69, 9.17) is 4.74 Å². The number of carbonyl (C=O) groups excluding carboxylic acids is 1. The van der Waals surface area contributed by atoms with Crippen molar-refractivity contribution in [2.24, 2.45) is 13.0 Å². The van der Waals surface area contributed by atoms with Crippen LogP contribution in [0.2, 0.25) is 0 Å². The van der Waals surface area contributed by atoms with Crippen LogP contribution < -0.4 is 4.72 Å². The second-order valence-electron chi connectivity index (χ2n) is 10.7. The highest BCUT2D eigenvalue weighted by Crippen LogP contribution is 2.35. The molecule has 1 aromatic carbocycles. The number of piperidine rings is 1. The number of ether oxygens (including phenoxy) is 1. The first kappa shape index (κ1) is 26.7. The summed E-state index contributed by atoms with van der Waals surface area (Å²) in [6, 6.07) is 6.36. The van der Waals surface area contributed by atoms with Crippen LogP contribution in [0.3, 0.4) is 0 Å². The number of sulfonamides is 1. The van der Waals surface area contributed by atoms with Crippen LogP contribution in [0.5, 0.6) is 0 Å². The zero-order valence-electron chi connectivity index (χ0n) is 22.0. The van der Waals surface area contributed by atoms with Gasteiger partial charge in [-0.2, -0.15) is 5.10 Å². The number of aryl methyl sites for hydroxylation is 1. The van der Waals surface area contributed by atoms with Gasteiger partial charge >= 0.3 is 0 Å². The number of hydrogen-bond donors (Lipinski definition) is 1.